The Bertz CT molecular complexity index is 352. The standard InChI is InChI=1S/C8H5Br2IO2/c9-3-4-1-5(10)2-6(11)7(4)8(12)13/h1-2H,3H2,(H,12,13). The minimum Gasteiger partial charge on any atom is -0.478 e. The third-order valence-electron chi connectivity index (χ3n) is 1.49. The molecular weight excluding hydrogens is 415 g/mol. The zero-order valence-electron chi connectivity index (χ0n) is 6.35. The first kappa shape index (κ1) is 11.5. The second-order valence-corrected chi connectivity index (χ2v) is 5.00. The number of aromatic carboxylic acids is 1. The zero-order valence-corrected chi connectivity index (χ0v) is 11.7. The maximum Gasteiger partial charge on any atom is 0.337 e. The first-order valence-corrected chi connectivity index (χ1v) is 6.32. The second kappa shape index (κ2) is 4.75. The number of rotatable bonds is 2. The van der Waals surface area contributed by atoms with E-state index < -0.39 is 5.97 Å². The normalized spacial score (nSPS) is 10.1. The average molecular weight is 420 g/mol. The fourth-order valence-electron chi connectivity index (χ4n) is 0.972. The van der Waals surface area contributed by atoms with Crippen LogP contribution in [-0.2, 0) is 5.33 Å². The van der Waals surface area contributed by atoms with Crippen LogP contribution in [0, 0.1) is 3.57 Å². The molecular formula is C8H5Br2IO2. The van der Waals surface area contributed by atoms with E-state index in [-0.39, 0.29) is 0 Å². The molecule has 0 unspecified atom stereocenters. The highest BCUT2D eigenvalue weighted by Crippen LogP contribution is 2.24. The molecule has 0 radical (unpaired) electrons. The Morgan fingerprint density at radius 2 is 2.15 bits per heavy atom. The zero-order chi connectivity index (χ0) is 10.0. The predicted molar refractivity (Wildman–Crippen MR) is 66.4 cm³/mol. The van der Waals surface area contributed by atoms with E-state index in [0.717, 1.165) is 13.6 Å². The van der Waals surface area contributed by atoms with Gasteiger partial charge in [0.25, 0.3) is 0 Å². The van der Waals surface area contributed by atoms with Gasteiger partial charge in [0, 0.05) is 13.4 Å². The van der Waals surface area contributed by atoms with Gasteiger partial charge in [0.1, 0.15) is 0 Å². The van der Waals surface area contributed by atoms with Gasteiger partial charge in [0.15, 0.2) is 0 Å². The molecule has 13 heavy (non-hydrogen) atoms. The van der Waals surface area contributed by atoms with Gasteiger partial charge < -0.3 is 5.11 Å². The maximum atomic E-state index is 10.9. The van der Waals surface area contributed by atoms with E-state index >= 15 is 0 Å². The lowest BCUT2D eigenvalue weighted by Crippen LogP contribution is -2.04. The SMILES string of the molecule is O=C(O)c1c(I)cc(Br)cc1CBr. The molecule has 0 heterocycles. The molecule has 1 aromatic carbocycles. The van der Waals surface area contributed by atoms with Crippen molar-refractivity contribution in [2.24, 2.45) is 0 Å². The summed E-state index contributed by atoms with van der Waals surface area (Å²) in [6.07, 6.45) is 0. The number of carboxylic acid groups (broad SMARTS) is 1. The molecule has 0 aromatic heterocycles. The minimum absolute atomic E-state index is 0.376. The van der Waals surface area contributed by atoms with Gasteiger partial charge in [-0.15, -0.1) is 0 Å². The Morgan fingerprint density at radius 3 is 2.62 bits per heavy atom. The fourth-order valence-corrected chi connectivity index (χ4v) is 3.26. The maximum absolute atomic E-state index is 10.9. The van der Waals surface area contributed by atoms with E-state index in [1.165, 1.54) is 0 Å². The van der Waals surface area contributed by atoms with Crippen molar-refractivity contribution in [2.45, 2.75) is 5.33 Å². The van der Waals surface area contributed by atoms with Crippen LogP contribution in [0.4, 0.5) is 0 Å². The van der Waals surface area contributed by atoms with E-state index in [1.807, 2.05) is 22.6 Å². The van der Waals surface area contributed by atoms with Crippen LogP contribution in [0.3, 0.4) is 0 Å². The van der Waals surface area contributed by atoms with Crippen LogP contribution >= 0.6 is 54.5 Å². The number of carbonyl (C=O) groups is 1. The smallest absolute Gasteiger partial charge is 0.337 e. The van der Waals surface area contributed by atoms with Crippen LogP contribution in [0.2, 0.25) is 0 Å². The van der Waals surface area contributed by atoms with E-state index in [1.54, 1.807) is 12.1 Å². The monoisotopic (exact) mass is 418 g/mol. The van der Waals surface area contributed by atoms with Gasteiger partial charge in [-0.3, -0.25) is 0 Å². The lowest BCUT2D eigenvalue weighted by molar-refractivity contribution is 0.0695. The number of hydrogen-bond donors (Lipinski definition) is 1. The summed E-state index contributed by atoms with van der Waals surface area (Å²) in [5.74, 6) is -0.883. The molecule has 70 valence electrons. The summed E-state index contributed by atoms with van der Waals surface area (Å²) < 4.78 is 1.64. The number of halogens is 3. The molecule has 0 saturated carbocycles. The van der Waals surface area contributed by atoms with Gasteiger partial charge in [-0.25, -0.2) is 4.79 Å². The fraction of sp³-hybridized carbons (Fsp3) is 0.125. The molecule has 1 rings (SSSR count). The molecule has 0 amide bonds. The average Bonchev–Trinajstić information content (AvgIpc) is 2.01. The summed E-state index contributed by atoms with van der Waals surface area (Å²) in [4.78, 5) is 10.9. The van der Waals surface area contributed by atoms with E-state index in [2.05, 4.69) is 31.9 Å². The molecule has 2 nitrogen and oxygen atoms in total. The molecule has 0 aliphatic carbocycles. The number of carboxylic acids is 1. The molecule has 0 spiro atoms. The number of benzene rings is 1. The lowest BCUT2D eigenvalue weighted by atomic mass is 10.1. The highest BCUT2D eigenvalue weighted by atomic mass is 127. The molecule has 0 aliphatic heterocycles. The molecule has 1 N–H and O–H groups in total. The van der Waals surface area contributed by atoms with Gasteiger partial charge >= 0.3 is 5.97 Å². The summed E-state index contributed by atoms with van der Waals surface area (Å²) >= 11 is 8.59. The van der Waals surface area contributed by atoms with Crippen molar-refractivity contribution in [3.8, 4) is 0 Å². The Morgan fingerprint density at radius 1 is 1.54 bits per heavy atom. The highest BCUT2D eigenvalue weighted by molar-refractivity contribution is 14.1. The van der Waals surface area contributed by atoms with Crippen molar-refractivity contribution in [2.75, 3.05) is 0 Å². The summed E-state index contributed by atoms with van der Waals surface area (Å²) in [6, 6.07) is 3.59. The molecule has 5 heteroatoms. The summed E-state index contributed by atoms with van der Waals surface area (Å²) in [5.41, 5.74) is 1.16. The van der Waals surface area contributed by atoms with Crippen LogP contribution < -0.4 is 0 Å². The minimum atomic E-state index is -0.883. The van der Waals surface area contributed by atoms with Gasteiger partial charge in [-0.1, -0.05) is 31.9 Å². The molecule has 0 atom stereocenters. The van der Waals surface area contributed by atoms with Crippen molar-refractivity contribution in [1.82, 2.24) is 0 Å². The lowest BCUT2D eigenvalue weighted by Gasteiger charge is -2.05. The van der Waals surface area contributed by atoms with Crippen LogP contribution in [0.1, 0.15) is 15.9 Å². The number of hydrogen-bond acceptors (Lipinski definition) is 1. The van der Waals surface area contributed by atoms with Crippen LogP contribution in [0.5, 0.6) is 0 Å². The molecule has 0 aliphatic rings. The predicted octanol–water partition coefficient (Wildman–Crippen LogP) is 3.65. The molecule has 0 fully saturated rings. The van der Waals surface area contributed by atoms with Crippen LogP contribution in [0.15, 0.2) is 16.6 Å². The van der Waals surface area contributed by atoms with E-state index in [9.17, 15) is 4.79 Å². The third kappa shape index (κ3) is 2.66. The van der Waals surface area contributed by atoms with Crippen LogP contribution in [-0.4, -0.2) is 11.1 Å². The number of alkyl halides is 1. The van der Waals surface area contributed by atoms with Crippen molar-refractivity contribution < 1.29 is 9.90 Å². The van der Waals surface area contributed by atoms with Gasteiger partial charge in [-0.2, -0.15) is 0 Å². The van der Waals surface area contributed by atoms with Crippen molar-refractivity contribution >= 4 is 60.4 Å². The van der Waals surface area contributed by atoms with Gasteiger partial charge in [0.2, 0.25) is 0 Å². The summed E-state index contributed by atoms with van der Waals surface area (Å²) in [5, 5.41) is 9.47. The first-order chi connectivity index (χ1) is 6.06. The quantitative estimate of drug-likeness (QED) is 0.587. The summed E-state index contributed by atoms with van der Waals surface area (Å²) in [7, 11) is 0. The highest BCUT2D eigenvalue weighted by Gasteiger charge is 2.13. The topological polar surface area (TPSA) is 37.3 Å². The van der Waals surface area contributed by atoms with Crippen molar-refractivity contribution in [3.05, 3.63) is 31.3 Å². The Hall–Kier alpha value is 0.380. The van der Waals surface area contributed by atoms with Gasteiger partial charge in [-0.05, 0) is 40.3 Å². The second-order valence-electron chi connectivity index (χ2n) is 2.36. The Labute approximate surface area is 106 Å². The first-order valence-electron chi connectivity index (χ1n) is 3.33. The van der Waals surface area contributed by atoms with Crippen molar-refractivity contribution in [3.63, 3.8) is 0 Å². The van der Waals surface area contributed by atoms with Gasteiger partial charge in [0.05, 0.1) is 5.56 Å². The van der Waals surface area contributed by atoms with E-state index in [0.29, 0.717) is 10.9 Å². The van der Waals surface area contributed by atoms with Crippen LogP contribution in [0.25, 0.3) is 0 Å². The molecule has 0 bridgehead atoms. The van der Waals surface area contributed by atoms with E-state index in [4.69, 9.17) is 5.11 Å². The van der Waals surface area contributed by atoms with Crippen molar-refractivity contribution in [1.29, 1.82) is 0 Å². The third-order valence-corrected chi connectivity index (χ3v) is 3.41. The molecule has 1 aromatic rings. The molecule has 0 saturated heterocycles. The Kier molecular flexibility index (Phi) is 4.18. The Balaban J connectivity index is 3.38. The largest absolute Gasteiger partial charge is 0.478 e. The summed E-state index contributed by atoms with van der Waals surface area (Å²) in [6.45, 7) is 0.